The van der Waals surface area contributed by atoms with Gasteiger partial charge in [-0.15, -0.1) is 0 Å². The van der Waals surface area contributed by atoms with Gasteiger partial charge in [-0.05, 0) is 38.1 Å². The van der Waals surface area contributed by atoms with E-state index in [0.29, 0.717) is 29.5 Å². The lowest BCUT2D eigenvalue weighted by atomic mass is 10.3. The smallest absolute Gasteiger partial charge is 0.263 e. The van der Waals surface area contributed by atoms with Crippen molar-refractivity contribution in [1.29, 1.82) is 0 Å². The highest BCUT2D eigenvalue weighted by Gasteiger charge is 2.18. The van der Waals surface area contributed by atoms with Gasteiger partial charge in [-0.2, -0.15) is 0 Å². The monoisotopic (exact) mass is 382 g/mol. The summed E-state index contributed by atoms with van der Waals surface area (Å²) in [6.45, 7) is 7.20. The molecule has 0 amide bonds. The molecule has 9 heteroatoms. The average molecular weight is 382 g/mol. The van der Waals surface area contributed by atoms with Gasteiger partial charge in [0, 0.05) is 29.8 Å². The third kappa shape index (κ3) is 5.03. The summed E-state index contributed by atoms with van der Waals surface area (Å²) in [5.41, 5.74) is 1.32. The molecule has 1 aromatic carbocycles. The highest BCUT2D eigenvalue weighted by Crippen LogP contribution is 2.44. The Kier molecular flexibility index (Phi) is 5.85. The second-order valence-corrected chi connectivity index (χ2v) is 10.7. The minimum Gasteiger partial charge on any atom is -0.336 e. The van der Waals surface area contributed by atoms with E-state index in [1.165, 1.54) is 12.1 Å². The maximum absolute atomic E-state index is 12.5. The second kappa shape index (κ2) is 7.54. The van der Waals surface area contributed by atoms with Crippen LogP contribution in [-0.2, 0) is 14.6 Å². The minimum absolute atomic E-state index is 0.106. The number of anilines is 2. The van der Waals surface area contributed by atoms with E-state index in [1.807, 2.05) is 13.8 Å². The number of hydrogen-bond acceptors (Lipinski definition) is 5. The van der Waals surface area contributed by atoms with Gasteiger partial charge in [-0.1, -0.05) is 13.8 Å². The highest BCUT2D eigenvalue weighted by molar-refractivity contribution is 7.92. The fraction of sp³-hybridized carbons (Fsp3) is 0.375. The molecule has 2 N–H and O–H groups in total. The first-order chi connectivity index (χ1) is 11.7. The lowest BCUT2D eigenvalue weighted by molar-refractivity contribution is 0.579. The standard InChI is InChI=1S/C16H23N4O3PS/c1-5-24(21,6-2)19-14-7-9-15(10-8-14)25(22,23)20-16-11-12(3)17-13(4)18-16/h7-11H,5-6H2,1-4H3,(H,19,21)(H,17,18,20). The predicted octanol–water partition coefficient (Wildman–Crippen LogP) is 3.62. The molecular formula is C16H23N4O3PS. The van der Waals surface area contributed by atoms with Crippen molar-refractivity contribution in [1.82, 2.24) is 9.97 Å². The summed E-state index contributed by atoms with van der Waals surface area (Å²) in [4.78, 5) is 8.31. The number of benzene rings is 1. The maximum Gasteiger partial charge on any atom is 0.263 e. The van der Waals surface area contributed by atoms with Crippen LogP contribution in [0.4, 0.5) is 11.5 Å². The molecule has 0 aliphatic heterocycles. The van der Waals surface area contributed by atoms with Crippen LogP contribution in [0.1, 0.15) is 25.4 Å². The van der Waals surface area contributed by atoms with Crippen molar-refractivity contribution in [2.45, 2.75) is 32.6 Å². The molecule has 7 nitrogen and oxygen atoms in total. The van der Waals surface area contributed by atoms with E-state index in [0.717, 1.165) is 0 Å². The van der Waals surface area contributed by atoms with Crippen molar-refractivity contribution in [2.24, 2.45) is 0 Å². The van der Waals surface area contributed by atoms with Gasteiger partial charge in [0.2, 0.25) is 0 Å². The van der Waals surface area contributed by atoms with Crippen LogP contribution in [0.5, 0.6) is 0 Å². The van der Waals surface area contributed by atoms with E-state index in [2.05, 4.69) is 19.8 Å². The van der Waals surface area contributed by atoms with Gasteiger partial charge in [-0.25, -0.2) is 18.4 Å². The van der Waals surface area contributed by atoms with Gasteiger partial charge in [-0.3, -0.25) is 4.72 Å². The van der Waals surface area contributed by atoms with Crippen LogP contribution in [0.2, 0.25) is 0 Å². The van der Waals surface area contributed by atoms with Crippen molar-refractivity contribution in [3.63, 3.8) is 0 Å². The summed E-state index contributed by atoms with van der Waals surface area (Å²) in [5.74, 6) is 0.723. The van der Waals surface area contributed by atoms with Gasteiger partial charge in [0.05, 0.1) is 4.90 Å². The van der Waals surface area contributed by atoms with Gasteiger partial charge >= 0.3 is 0 Å². The second-order valence-electron chi connectivity index (χ2n) is 5.71. The minimum atomic E-state index is -3.76. The van der Waals surface area contributed by atoms with Gasteiger partial charge in [0.15, 0.2) is 7.29 Å². The van der Waals surface area contributed by atoms with Crippen molar-refractivity contribution >= 4 is 28.8 Å². The topological polar surface area (TPSA) is 101 Å². The van der Waals surface area contributed by atoms with E-state index in [1.54, 1.807) is 32.0 Å². The number of nitrogens with one attached hydrogen (secondary N) is 2. The first-order valence-electron chi connectivity index (χ1n) is 7.99. The summed E-state index contributed by atoms with van der Waals surface area (Å²) in [6, 6.07) is 7.74. The third-order valence-corrected chi connectivity index (χ3v) is 7.80. The Morgan fingerprint density at radius 3 is 2.16 bits per heavy atom. The van der Waals surface area contributed by atoms with Crippen molar-refractivity contribution < 1.29 is 13.0 Å². The molecule has 0 aliphatic carbocycles. The summed E-state index contributed by atoms with van der Waals surface area (Å²) in [6.07, 6.45) is 1.08. The first kappa shape index (κ1) is 19.4. The molecule has 25 heavy (non-hydrogen) atoms. The number of sulfonamides is 1. The summed E-state index contributed by atoms with van der Waals surface area (Å²) >= 11 is 0. The molecule has 0 bridgehead atoms. The first-order valence-corrected chi connectivity index (χ1v) is 11.5. The van der Waals surface area contributed by atoms with Crippen LogP contribution in [-0.4, -0.2) is 30.7 Å². The summed E-state index contributed by atoms with van der Waals surface area (Å²) in [5, 5.41) is 3.02. The molecule has 0 spiro atoms. The van der Waals surface area contributed by atoms with Gasteiger partial charge in [0.1, 0.15) is 11.6 Å². The number of rotatable bonds is 7. The Balaban J connectivity index is 2.21. The zero-order chi connectivity index (χ0) is 18.7. The molecule has 0 unspecified atom stereocenters. The van der Waals surface area contributed by atoms with Crippen molar-refractivity contribution in [2.75, 3.05) is 22.1 Å². The normalized spacial score (nSPS) is 12.0. The van der Waals surface area contributed by atoms with Crippen LogP contribution >= 0.6 is 7.29 Å². The Labute approximate surface area is 148 Å². The van der Waals surface area contributed by atoms with Crippen LogP contribution < -0.4 is 9.81 Å². The Hall–Kier alpha value is -1.92. The number of aromatic nitrogens is 2. The van der Waals surface area contributed by atoms with Crippen LogP contribution in [0.25, 0.3) is 0 Å². The molecule has 136 valence electrons. The molecule has 0 radical (unpaired) electrons. The zero-order valence-corrected chi connectivity index (χ0v) is 16.5. The number of nitrogens with zero attached hydrogens (tertiary/aromatic N) is 2. The SMILES string of the molecule is CCP(=O)(CC)Nc1ccc(S(=O)(=O)Nc2cc(C)nc(C)n2)cc1. The number of hydrogen-bond donors (Lipinski definition) is 2. The van der Waals surface area contributed by atoms with E-state index >= 15 is 0 Å². The van der Waals surface area contributed by atoms with E-state index < -0.39 is 17.3 Å². The molecule has 0 atom stereocenters. The maximum atomic E-state index is 12.5. The van der Waals surface area contributed by atoms with E-state index in [9.17, 15) is 13.0 Å². The number of aryl methyl sites for hydroxylation is 2. The Bertz CT molecular complexity index is 870. The lowest BCUT2D eigenvalue weighted by Gasteiger charge is -2.17. The van der Waals surface area contributed by atoms with Gasteiger partial charge < -0.3 is 9.65 Å². The molecule has 2 rings (SSSR count). The largest absolute Gasteiger partial charge is 0.336 e. The Morgan fingerprint density at radius 2 is 1.64 bits per heavy atom. The molecule has 0 saturated carbocycles. The predicted molar refractivity (Wildman–Crippen MR) is 101 cm³/mol. The molecule has 0 fully saturated rings. The molecule has 0 saturated heterocycles. The molecule has 1 heterocycles. The molecule has 0 aliphatic rings. The molecule has 1 aromatic heterocycles. The fourth-order valence-electron chi connectivity index (χ4n) is 2.29. The van der Waals surface area contributed by atoms with Crippen molar-refractivity contribution in [3.05, 3.63) is 41.9 Å². The van der Waals surface area contributed by atoms with E-state index in [4.69, 9.17) is 0 Å². The molecular weight excluding hydrogens is 359 g/mol. The van der Waals surface area contributed by atoms with Crippen LogP contribution in [0, 0.1) is 13.8 Å². The van der Waals surface area contributed by atoms with Crippen LogP contribution in [0.15, 0.2) is 35.2 Å². The van der Waals surface area contributed by atoms with Crippen molar-refractivity contribution in [3.8, 4) is 0 Å². The average Bonchev–Trinajstić information content (AvgIpc) is 2.54. The quantitative estimate of drug-likeness (QED) is 0.709. The Morgan fingerprint density at radius 1 is 1.04 bits per heavy atom. The fourth-order valence-corrected chi connectivity index (χ4v) is 4.67. The zero-order valence-electron chi connectivity index (χ0n) is 14.8. The van der Waals surface area contributed by atoms with Gasteiger partial charge in [0.25, 0.3) is 10.0 Å². The molecule has 2 aromatic rings. The summed E-state index contributed by atoms with van der Waals surface area (Å²) < 4.78 is 39.9. The van der Waals surface area contributed by atoms with E-state index in [-0.39, 0.29) is 10.7 Å². The third-order valence-electron chi connectivity index (χ3n) is 3.72. The summed E-state index contributed by atoms with van der Waals surface area (Å²) in [7, 11) is -6.21. The highest BCUT2D eigenvalue weighted by atomic mass is 32.2. The lowest BCUT2D eigenvalue weighted by Crippen LogP contribution is -2.14. The van der Waals surface area contributed by atoms with Crippen LogP contribution in [0.3, 0.4) is 0 Å².